The Labute approximate surface area is 126 Å². The molecule has 2 aromatic heterocycles. The average Bonchev–Trinajstić information content (AvgIpc) is 3.01. The maximum absolute atomic E-state index is 13.1. The third-order valence-electron chi connectivity index (χ3n) is 3.84. The lowest BCUT2D eigenvalue weighted by atomic mass is 10.00. The second kappa shape index (κ2) is 5.62. The van der Waals surface area contributed by atoms with Gasteiger partial charge in [0.15, 0.2) is 11.5 Å². The number of furan rings is 1. The normalized spacial score (nSPS) is 17.0. The van der Waals surface area contributed by atoms with E-state index in [1.807, 2.05) is 4.90 Å². The second-order valence-corrected chi connectivity index (χ2v) is 5.58. The summed E-state index contributed by atoms with van der Waals surface area (Å²) >= 11 is 0. The van der Waals surface area contributed by atoms with Crippen LogP contribution in [0.25, 0.3) is 11.5 Å². The fourth-order valence-electron chi connectivity index (χ4n) is 2.48. The van der Waals surface area contributed by atoms with Gasteiger partial charge in [0.1, 0.15) is 5.69 Å². The Morgan fingerprint density at radius 1 is 1.23 bits per heavy atom. The van der Waals surface area contributed by atoms with Gasteiger partial charge in [0.2, 0.25) is 5.95 Å². The summed E-state index contributed by atoms with van der Waals surface area (Å²) in [5, 5.41) is 0. The fourth-order valence-corrected chi connectivity index (χ4v) is 2.48. The summed E-state index contributed by atoms with van der Waals surface area (Å²) in [6.45, 7) is 3.47. The van der Waals surface area contributed by atoms with Crippen molar-refractivity contribution in [2.24, 2.45) is 5.92 Å². The molecule has 1 aliphatic heterocycles. The zero-order valence-electron chi connectivity index (χ0n) is 12.1. The highest BCUT2D eigenvalue weighted by molar-refractivity contribution is 5.55. The van der Waals surface area contributed by atoms with Crippen LogP contribution in [0.3, 0.4) is 0 Å². The van der Waals surface area contributed by atoms with Crippen molar-refractivity contribution in [2.45, 2.75) is 25.9 Å². The van der Waals surface area contributed by atoms with Crippen LogP contribution < -0.4 is 4.90 Å². The molecule has 0 aromatic carbocycles. The Morgan fingerprint density at radius 3 is 2.55 bits per heavy atom. The van der Waals surface area contributed by atoms with Crippen LogP contribution in [0.1, 0.15) is 25.5 Å². The van der Waals surface area contributed by atoms with Crippen LogP contribution in [0.2, 0.25) is 0 Å². The van der Waals surface area contributed by atoms with Gasteiger partial charge in [0, 0.05) is 13.1 Å². The van der Waals surface area contributed by atoms with Gasteiger partial charge in [0.25, 0.3) is 0 Å². The Hall–Kier alpha value is -2.05. The highest BCUT2D eigenvalue weighted by atomic mass is 19.4. The first-order valence-electron chi connectivity index (χ1n) is 7.18. The second-order valence-electron chi connectivity index (χ2n) is 5.58. The predicted octanol–water partition coefficient (Wildman–Crippen LogP) is 3.99. The lowest BCUT2D eigenvalue weighted by molar-refractivity contribution is -0.141. The molecule has 7 heteroatoms. The zero-order valence-corrected chi connectivity index (χ0v) is 12.1. The molecule has 0 aliphatic carbocycles. The minimum Gasteiger partial charge on any atom is -0.463 e. The predicted molar refractivity (Wildman–Crippen MR) is 75.3 cm³/mol. The van der Waals surface area contributed by atoms with Gasteiger partial charge in [-0.3, -0.25) is 0 Å². The molecule has 22 heavy (non-hydrogen) atoms. The molecule has 0 radical (unpaired) electrons. The van der Waals surface area contributed by atoms with Gasteiger partial charge in [-0.25, -0.2) is 9.97 Å². The fraction of sp³-hybridized carbons (Fsp3) is 0.467. The molecule has 0 unspecified atom stereocenters. The minimum absolute atomic E-state index is 0.119. The zero-order chi connectivity index (χ0) is 15.7. The molecule has 4 nitrogen and oxygen atoms in total. The molecule has 0 spiro atoms. The van der Waals surface area contributed by atoms with E-state index in [1.54, 1.807) is 12.1 Å². The maximum Gasteiger partial charge on any atom is 0.433 e. The summed E-state index contributed by atoms with van der Waals surface area (Å²) < 4.78 is 44.4. The molecule has 0 N–H and O–H groups in total. The van der Waals surface area contributed by atoms with Gasteiger partial charge < -0.3 is 9.32 Å². The lowest BCUT2D eigenvalue weighted by Crippen LogP contribution is -2.34. The van der Waals surface area contributed by atoms with E-state index in [0.29, 0.717) is 24.8 Å². The van der Waals surface area contributed by atoms with Crippen molar-refractivity contribution >= 4 is 5.95 Å². The highest BCUT2D eigenvalue weighted by Gasteiger charge is 2.35. The van der Waals surface area contributed by atoms with E-state index in [1.165, 1.54) is 6.26 Å². The number of hydrogen-bond acceptors (Lipinski definition) is 4. The van der Waals surface area contributed by atoms with E-state index < -0.39 is 11.9 Å². The molecule has 0 saturated carbocycles. The van der Waals surface area contributed by atoms with E-state index in [2.05, 4.69) is 16.9 Å². The average molecular weight is 311 g/mol. The molecule has 1 fully saturated rings. The van der Waals surface area contributed by atoms with Crippen LogP contribution in [-0.4, -0.2) is 23.1 Å². The van der Waals surface area contributed by atoms with Crippen molar-refractivity contribution in [2.75, 3.05) is 18.0 Å². The first-order valence-corrected chi connectivity index (χ1v) is 7.18. The Bertz CT molecular complexity index is 632. The smallest absolute Gasteiger partial charge is 0.433 e. The summed E-state index contributed by atoms with van der Waals surface area (Å²) in [5.41, 5.74) is -0.788. The number of hydrogen-bond donors (Lipinski definition) is 0. The van der Waals surface area contributed by atoms with Crippen LogP contribution in [0, 0.1) is 5.92 Å². The monoisotopic (exact) mass is 311 g/mol. The number of piperidine rings is 1. The van der Waals surface area contributed by atoms with E-state index in [9.17, 15) is 13.2 Å². The van der Waals surface area contributed by atoms with Gasteiger partial charge in [-0.05, 0) is 37.0 Å². The van der Waals surface area contributed by atoms with Gasteiger partial charge in [0.05, 0.1) is 6.26 Å². The molecule has 1 aliphatic rings. The van der Waals surface area contributed by atoms with Crippen LogP contribution >= 0.6 is 0 Å². The van der Waals surface area contributed by atoms with Gasteiger partial charge >= 0.3 is 6.18 Å². The Kier molecular flexibility index (Phi) is 3.80. The van der Waals surface area contributed by atoms with Gasteiger partial charge in [-0.15, -0.1) is 0 Å². The van der Waals surface area contributed by atoms with E-state index >= 15 is 0 Å². The van der Waals surface area contributed by atoms with E-state index in [0.717, 1.165) is 18.9 Å². The third-order valence-corrected chi connectivity index (χ3v) is 3.84. The van der Waals surface area contributed by atoms with Crippen LogP contribution in [0.15, 0.2) is 28.9 Å². The topological polar surface area (TPSA) is 42.2 Å². The molecular weight excluding hydrogens is 295 g/mol. The molecule has 118 valence electrons. The molecule has 1 saturated heterocycles. The van der Waals surface area contributed by atoms with Crippen molar-refractivity contribution in [1.82, 2.24) is 9.97 Å². The largest absolute Gasteiger partial charge is 0.463 e. The first-order chi connectivity index (χ1) is 10.4. The van der Waals surface area contributed by atoms with Crippen LogP contribution in [0.4, 0.5) is 19.1 Å². The quantitative estimate of drug-likeness (QED) is 0.841. The number of aromatic nitrogens is 2. The van der Waals surface area contributed by atoms with Crippen molar-refractivity contribution in [3.05, 3.63) is 30.2 Å². The highest BCUT2D eigenvalue weighted by Crippen LogP contribution is 2.32. The standard InChI is InChI=1S/C15H16F3N3O/c1-10-4-6-21(7-5-10)14-19-11(12-3-2-8-22-12)9-13(20-14)15(16,17)18/h2-3,8-10H,4-7H2,1H3. The molecule has 2 aromatic rings. The third kappa shape index (κ3) is 3.08. The number of rotatable bonds is 2. The van der Waals surface area contributed by atoms with Crippen molar-refractivity contribution in [1.29, 1.82) is 0 Å². The molecule has 3 heterocycles. The van der Waals surface area contributed by atoms with Crippen molar-refractivity contribution < 1.29 is 17.6 Å². The summed E-state index contributed by atoms with van der Waals surface area (Å²) in [4.78, 5) is 9.78. The molecule has 0 atom stereocenters. The first kappa shape index (κ1) is 14.9. The summed E-state index contributed by atoms with van der Waals surface area (Å²) in [6.07, 6.45) is -1.25. The number of anilines is 1. The molecular formula is C15H16F3N3O. The summed E-state index contributed by atoms with van der Waals surface area (Å²) in [6, 6.07) is 4.13. The number of nitrogens with zero attached hydrogens (tertiary/aromatic N) is 3. The summed E-state index contributed by atoms with van der Waals surface area (Å²) in [7, 11) is 0. The van der Waals surface area contributed by atoms with Crippen LogP contribution in [-0.2, 0) is 6.18 Å². The van der Waals surface area contributed by atoms with Crippen molar-refractivity contribution in [3.8, 4) is 11.5 Å². The van der Waals surface area contributed by atoms with E-state index in [4.69, 9.17) is 4.42 Å². The molecule has 0 amide bonds. The minimum atomic E-state index is -4.51. The van der Waals surface area contributed by atoms with Crippen molar-refractivity contribution in [3.63, 3.8) is 0 Å². The maximum atomic E-state index is 13.1. The van der Waals surface area contributed by atoms with Gasteiger partial charge in [-0.2, -0.15) is 13.2 Å². The number of alkyl halides is 3. The van der Waals surface area contributed by atoms with E-state index in [-0.39, 0.29) is 11.6 Å². The Balaban J connectivity index is 2.00. The van der Waals surface area contributed by atoms with Crippen LogP contribution in [0.5, 0.6) is 0 Å². The molecule has 3 rings (SSSR count). The van der Waals surface area contributed by atoms with Gasteiger partial charge in [-0.1, -0.05) is 6.92 Å². The SMILES string of the molecule is CC1CCN(c2nc(-c3ccco3)cc(C(F)(F)F)n2)CC1. The lowest BCUT2D eigenvalue weighted by Gasteiger charge is -2.30. The molecule has 0 bridgehead atoms. The summed E-state index contributed by atoms with van der Waals surface area (Å²) in [5.74, 6) is 0.999. The number of halogens is 3. The Morgan fingerprint density at radius 2 is 1.95 bits per heavy atom.